The van der Waals surface area contributed by atoms with Crippen LogP contribution < -0.4 is 5.32 Å². The lowest BCUT2D eigenvalue weighted by molar-refractivity contribution is -0.359. The van der Waals surface area contributed by atoms with E-state index in [1.54, 1.807) is 6.08 Å². The van der Waals surface area contributed by atoms with Crippen LogP contribution in [-0.2, 0) is 23.7 Å². The standard InChI is InChI=1S/C69H117NO13/c1-3-5-7-9-11-13-15-17-19-21-23-25-27-28-29-30-31-33-35-37-39-41-43-45-47-49-51-53-61(74)70-57(56-80-68-66(79)64(77)67(60(55-72)82-68)83-69-65(78)63(76)62(75)59(54-71)81-69)58(73)52-50-48-46-44-42-40-38-36-34-32-26-24-22-20-18-16-14-12-10-8-6-4-2/h5,7,11,13,17,19,23,25,28-29,31,33-34,36,42,44,50,52,57-60,62-69,71-73,75-79H,3-4,6,8-10,12,14-16,18,20-22,24,26-27,30,32,35,37-41,43,45-49,51,53-56H2,1-2H3,(H,70,74)/b7-5-,13-11-,19-17-,25-23-,29-28-,33-31-,36-34+,44-42+,52-50+. The maximum absolute atomic E-state index is 13.3. The van der Waals surface area contributed by atoms with Crippen molar-refractivity contribution in [2.24, 2.45) is 0 Å². The molecule has 2 rings (SSSR count). The van der Waals surface area contributed by atoms with Gasteiger partial charge in [0.1, 0.15) is 48.8 Å². The number of hydrogen-bond donors (Lipinski definition) is 9. The Kier molecular flexibility index (Phi) is 48.3. The third kappa shape index (κ3) is 37.7. The average Bonchev–Trinajstić information content (AvgIpc) is 3.65. The molecule has 2 aliphatic rings. The number of aliphatic hydroxyl groups excluding tert-OH is 8. The number of amides is 1. The van der Waals surface area contributed by atoms with Crippen LogP contribution in [0.1, 0.15) is 226 Å². The summed E-state index contributed by atoms with van der Waals surface area (Å²) in [4.78, 5) is 13.3. The lowest BCUT2D eigenvalue weighted by Gasteiger charge is -2.46. The molecular weight excluding hydrogens is 1050 g/mol. The van der Waals surface area contributed by atoms with E-state index in [0.29, 0.717) is 12.8 Å². The molecule has 0 aromatic heterocycles. The summed E-state index contributed by atoms with van der Waals surface area (Å²) in [5.41, 5.74) is 0. The molecule has 2 fully saturated rings. The number of nitrogens with one attached hydrogen (secondary N) is 1. The SMILES string of the molecule is CC/C=C\C/C=C\C/C=C\C/C=C\C/C=C\C/C=C\CCCCCCCCCCC(=O)NC(COC1OC(CO)C(OC2OC(CO)C(O)C(O)C2O)C(O)C1O)C(O)/C=C/CC/C=C/CC/C=C/CCCCCCCCCCCCCC. The molecule has 0 radical (unpaired) electrons. The number of aliphatic hydroxyl groups is 8. The molecule has 12 unspecified atom stereocenters. The first kappa shape index (κ1) is 75.7. The first-order valence-electron chi connectivity index (χ1n) is 32.6. The minimum absolute atomic E-state index is 0.253. The third-order valence-electron chi connectivity index (χ3n) is 15.2. The number of ether oxygens (including phenoxy) is 4. The van der Waals surface area contributed by atoms with Crippen LogP contribution >= 0.6 is 0 Å². The van der Waals surface area contributed by atoms with Crippen LogP contribution in [0.2, 0.25) is 0 Å². The Labute approximate surface area is 502 Å². The first-order valence-corrected chi connectivity index (χ1v) is 32.6. The fourth-order valence-corrected chi connectivity index (χ4v) is 9.97. The van der Waals surface area contributed by atoms with Crippen molar-refractivity contribution in [3.05, 3.63) is 109 Å². The van der Waals surface area contributed by atoms with Crippen molar-refractivity contribution in [2.75, 3.05) is 19.8 Å². The van der Waals surface area contributed by atoms with Gasteiger partial charge in [0.15, 0.2) is 12.6 Å². The van der Waals surface area contributed by atoms with Crippen molar-refractivity contribution in [1.82, 2.24) is 5.32 Å². The van der Waals surface area contributed by atoms with Gasteiger partial charge in [0.2, 0.25) is 5.91 Å². The minimum Gasteiger partial charge on any atom is -0.394 e. The van der Waals surface area contributed by atoms with Gasteiger partial charge in [-0.3, -0.25) is 4.79 Å². The molecule has 0 aromatic rings. The van der Waals surface area contributed by atoms with Crippen LogP contribution in [-0.4, -0.2) is 140 Å². The van der Waals surface area contributed by atoms with E-state index in [1.165, 1.54) is 96.3 Å². The maximum Gasteiger partial charge on any atom is 0.220 e. The molecule has 0 spiro atoms. The molecule has 2 saturated heterocycles. The van der Waals surface area contributed by atoms with Gasteiger partial charge in [-0.25, -0.2) is 0 Å². The van der Waals surface area contributed by atoms with Gasteiger partial charge < -0.3 is 65.1 Å². The van der Waals surface area contributed by atoms with Crippen LogP contribution in [0, 0.1) is 0 Å². The summed E-state index contributed by atoms with van der Waals surface area (Å²) in [6, 6.07) is -0.951. The summed E-state index contributed by atoms with van der Waals surface area (Å²) >= 11 is 0. The van der Waals surface area contributed by atoms with Gasteiger partial charge in [-0.15, -0.1) is 0 Å². The normalized spacial score (nSPS) is 24.6. The molecule has 0 saturated carbocycles. The second kappa shape index (κ2) is 52.9. The molecule has 0 bridgehead atoms. The van der Waals surface area contributed by atoms with Crippen molar-refractivity contribution in [3.63, 3.8) is 0 Å². The van der Waals surface area contributed by atoms with Gasteiger partial charge in [0.05, 0.1) is 32.0 Å². The summed E-state index contributed by atoms with van der Waals surface area (Å²) in [5.74, 6) is -0.266. The zero-order chi connectivity index (χ0) is 60.2. The molecule has 0 aliphatic carbocycles. The molecule has 2 heterocycles. The highest BCUT2D eigenvalue weighted by Gasteiger charge is 2.51. The van der Waals surface area contributed by atoms with E-state index in [0.717, 1.165) is 96.3 Å². The Balaban J connectivity index is 1.76. The zero-order valence-corrected chi connectivity index (χ0v) is 51.4. The largest absolute Gasteiger partial charge is 0.394 e. The molecule has 14 nitrogen and oxygen atoms in total. The number of carbonyl (C=O) groups excluding carboxylic acids is 1. The highest BCUT2D eigenvalue weighted by molar-refractivity contribution is 5.76. The van der Waals surface area contributed by atoms with E-state index in [4.69, 9.17) is 18.9 Å². The summed E-state index contributed by atoms with van der Waals surface area (Å²) in [6.45, 7) is 2.65. The van der Waals surface area contributed by atoms with Gasteiger partial charge in [-0.2, -0.15) is 0 Å². The van der Waals surface area contributed by atoms with Crippen LogP contribution in [0.4, 0.5) is 0 Å². The van der Waals surface area contributed by atoms with E-state index in [-0.39, 0.29) is 18.9 Å². The molecular formula is C69H117NO13. The van der Waals surface area contributed by atoms with E-state index in [1.807, 2.05) is 6.08 Å². The quantitative estimate of drug-likeness (QED) is 0.0204. The zero-order valence-electron chi connectivity index (χ0n) is 51.4. The molecule has 12 atom stereocenters. The van der Waals surface area contributed by atoms with Gasteiger partial charge in [0, 0.05) is 6.42 Å². The Hall–Kier alpha value is -3.35. The average molecular weight is 1170 g/mol. The number of unbranched alkanes of at least 4 members (excludes halogenated alkanes) is 22. The van der Waals surface area contributed by atoms with Crippen LogP contribution in [0.5, 0.6) is 0 Å². The molecule has 9 N–H and O–H groups in total. The Bertz CT molecular complexity index is 1810. The molecule has 83 heavy (non-hydrogen) atoms. The second-order valence-electron chi connectivity index (χ2n) is 22.5. The predicted molar refractivity (Wildman–Crippen MR) is 336 cm³/mol. The van der Waals surface area contributed by atoms with Gasteiger partial charge in [-0.05, 0) is 96.3 Å². The Morgan fingerprint density at radius 2 is 0.843 bits per heavy atom. The molecule has 476 valence electrons. The van der Waals surface area contributed by atoms with Crippen molar-refractivity contribution in [3.8, 4) is 0 Å². The van der Waals surface area contributed by atoms with Crippen molar-refractivity contribution >= 4 is 5.91 Å². The Morgan fingerprint density at radius 3 is 1.33 bits per heavy atom. The molecule has 0 aromatic carbocycles. The van der Waals surface area contributed by atoms with Gasteiger partial charge in [-0.1, -0.05) is 232 Å². The summed E-state index contributed by atoms with van der Waals surface area (Å²) in [5, 5.41) is 87.3. The highest BCUT2D eigenvalue weighted by atomic mass is 16.7. The summed E-state index contributed by atoms with van der Waals surface area (Å²) in [7, 11) is 0. The van der Waals surface area contributed by atoms with E-state index in [9.17, 15) is 45.6 Å². The molecule has 14 heteroatoms. The fraction of sp³-hybridized carbons (Fsp3) is 0.725. The van der Waals surface area contributed by atoms with E-state index in [2.05, 4.69) is 116 Å². The number of allylic oxidation sites excluding steroid dienone is 17. The van der Waals surface area contributed by atoms with Crippen molar-refractivity contribution < 1.29 is 64.6 Å². The molecule has 2 aliphatic heterocycles. The second-order valence-corrected chi connectivity index (χ2v) is 22.5. The lowest BCUT2D eigenvalue weighted by atomic mass is 9.97. The smallest absolute Gasteiger partial charge is 0.220 e. The summed E-state index contributed by atoms with van der Waals surface area (Å²) < 4.78 is 22.8. The third-order valence-corrected chi connectivity index (χ3v) is 15.2. The van der Waals surface area contributed by atoms with Crippen LogP contribution in [0.15, 0.2) is 109 Å². The molecule has 1 amide bonds. The topological polar surface area (TPSA) is 228 Å². The summed E-state index contributed by atoms with van der Waals surface area (Å²) in [6.07, 6.45) is 58.4. The lowest BCUT2D eigenvalue weighted by Crippen LogP contribution is -2.65. The van der Waals surface area contributed by atoms with E-state index < -0.39 is 86.8 Å². The van der Waals surface area contributed by atoms with Crippen molar-refractivity contribution in [1.29, 1.82) is 0 Å². The van der Waals surface area contributed by atoms with Gasteiger partial charge in [0.25, 0.3) is 0 Å². The van der Waals surface area contributed by atoms with E-state index >= 15 is 0 Å². The number of carbonyl (C=O) groups is 1. The van der Waals surface area contributed by atoms with Crippen LogP contribution in [0.25, 0.3) is 0 Å². The maximum atomic E-state index is 13.3. The predicted octanol–water partition coefficient (Wildman–Crippen LogP) is 12.4. The fourth-order valence-electron chi connectivity index (χ4n) is 9.97. The monoisotopic (exact) mass is 1170 g/mol. The number of hydrogen-bond acceptors (Lipinski definition) is 13. The van der Waals surface area contributed by atoms with Gasteiger partial charge >= 0.3 is 0 Å². The first-order chi connectivity index (χ1) is 40.6. The highest BCUT2D eigenvalue weighted by Crippen LogP contribution is 2.30. The van der Waals surface area contributed by atoms with Crippen LogP contribution in [0.3, 0.4) is 0 Å². The minimum atomic E-state index is -1.80. The van der Waals surface area contributed by atoms with Crippen molar-refractivity contribution in [2.45, 2.75) is 299 Å². The Morgan fingerprint density at radius 1 is 0.446 bits per heavy atom. The number of rotatable bonds is 51.